The van der Waals surface area contributed by atoms with Crippen molar-refractivity contribution in [2.75, 3.05) is 5.32 Å². The third kappa shape index (κ3) is 2.45. The van der Waals surface area contributed by atoms with Gasteiger partial charge in [0.05, 0.1) is 10.9 Å². The first-order valence-electron chi connectivity index (χ1n) is 6.60. The Morgan fingerprint density at radius 1 is 1.40 bits per heavy atom. The highest BCUT2D eigenvalue weighted by atomic mass is 32.2. The molecular weight excluding hydrogens is 270 g/mol. The fourth-order valence-electron chi connectivity index (χ4n) is 2.42. The Morgan fingerprint density at radius 3 is 2.90 bits per heavy atom. The predicted octanol–water partition coefficient (Wildman–Crippen LogP) is 2.69. The van der Waals surface area contributed by atoms with Crippen molar-refractivity contribution in [1.29, 1.82) is 0 Å². The van der Waals surface area contributed by atoms with E-state index in [0.717, 1.165) is 17.9 Å². The molecule has 0 bridgehead atoms. The van der Waals surface area contributed by atoms with Crippen LogP contribution in [0.2, 0.25) is 0 Å². The van der Waals surface area contributed by atoms with Gasteiger partial charge in [0.2, 0.25) is 5.91 Å². The van der Waals surface area contributed by atoms with E-state index in [-0.39, 0.29) is 11.2 Å². The lowest BCUT2D eigenvalue weighted by Crippen LogP contribution is -2.25. The van der Waals surface area contributed by atoms with Gasteiger partial charge in [-0.3, -0.25) is 9.48 Å². The Kier molecular flexibility index (Phi) is 3.30. The summed E-state index contributed by atoms with van der Waals surface area (Å²) in [6, 6.07) is 8.26. The second kappa shape index (κ2) is 4.98. The van der Waals surface area contributed by atoms with E-state index >= 15 is 0 Å². The van der Waals surface area contributed by atoms with Crippen LogP contribution >= 0.6 is 11.8 Å². The van der Waals surface area contributed by atoms with Crippen LogP contribution in [0.25, 0.3) is 0 Å². The quantitative estimate of drug-likeness (QED) is 0.924. The molecular formula is C15H17N3OS. The Morgan fingerprint density at radius 2 is 2.20 bits per heavy atom. The van der Waals surface area contributed by atoms with E-state index in [0.29, 0.717) is 0 Å². The highest BCUT2D eigenvalue weighted by Crippen LogP contribution is 2.38. The largest absolute Gasteiger partial charge is 0.310 e. The third-order valence-electron chi connectivity index (χ3n) is 3.44. The number of thioether (sulfide) groups is 1. The van der Waals surface area contributed by atoms with Gasteiger partial charge in [-0.1, -0.05) is 17.7 Å². The molecule has 3 rings (SSSR count). The Labute approximate surface area is 122 Å². The van der Waals surface area contributed by atoms with E-state index < -0.39 is 0 Å². The molecule has 1 atom stereocenters. The molecule has 1 unspecified atom stereocenters. The second-order valence-electron chi connectivity index (χ2n) is 5.21. The van der Waals surface area contributed by atoms with Crippen molar-refractivity contribution in [1.82, 2.24) is 9.78 Å². The van der Waals surface area contributed by atoms with E-state index in [1.54, 1.807) is 16.4 Å². The van der Waals surface area contributed by atoms with Gasteiger partial charge in [-0.05, 0) is 31.9 Å². The average Bonchev–Trinajstić information content (AvgIpc) is 2.92. The molecule has 4 nitrogen and oxygen atoms in total. The van der Waals surface area contributed by atoms with Crippen molar-refractivity contribution in [3.05, 3.63) is 41.1 Å². The molecule has 2 heterocycles. The average molecular weight is 287 g/mol. The molecule has 1 N–H and O–H groups in total. The number of rotatable bonds is 2. The van der Waals surface area contributed by atoms with Gasteiger partial charge in [0, 0.05) is 18.0 Å². The molecule has 0 spiro atoms. The van der Waals surface area contributed by atoms with E-state index in [1.807, 2.05) is 20.0 Å². The number of hydrogen-bond donors (Lipinski definition) is 1. The summed E-state index contributed by atoms with van der Waals surface area (Å²) in [4.78, 5) is 13.6. The summed E-state index contributed by atoms with van der Waals surface area (Å²) in [6.07, 6.45) is 0.795. The van der Waals surface area contributed by atoms with Crippen LogP contribution in [0.5, 0.6) is 0 Å². The number of benzene rings is 1. The number of aromatic nitrogens is 2. The van der Waals surface area contributed by atoms with Gasteiger partial charge in [0.15, 0.2) is 0 Å². The smallest absolute Gasteiger partial charge is 0.239 e. The Hall–Kier alpha value is -1.75. The van der Waals surface area contributed by atoms with Crippen LogP contribution in [0, 0.1) is 13.8 Å². The van der Waals surface area contributed by atoms with Gasteiger partial charge in [-0.2, -0.15) is 5.10 Å². The molecule has 1 aromatic heterocycles. The fourth-order valence-corrected chi connectivity index (χ4v) is 3.71. The lowest BCUT2D eigenvalue weighted by atomic mass is 10.1. The first-order valence-corrected chi connectivity index (χ1v) is 7.48. The topological polar surface area (TPSA) is 46.9 Å². The Balaban J connectivity index is 1.73. The molecule has 5 heteroatoms. The minimum Gasteiger partial charge on any atom is -0.310 e. The SMILES string of the molecule is Cc1ccc2c(c1)SC(C(=O)Nc1cc(C)nn1C)C2. The lowest BCUT2D eigenvalue weighted by molar-refractivity contribution is -0.115. The molecule has 0 radical (unpaired) electrons. The van der Waals surface area contributed by atoms with Gasteiger partial charge in [0.25, 0.3) is 0 Å². The van der Waals surface area contributed by atoms with Gasteiger partial charge in [-0.25, -0.2) is 0 Å². The monoisotopic (exact) mass is 287 g/mol. The van der Waals surface area contributed by atoms with Crippen LogP contribution < -0.4 is 5.32 Å². The molecule has 0 aliphatic carbocycles. The van der Waals surface area contributed by atoms with Crippen molar-refractivity contribution in [2.24, 2.45) is 7.05 Å². The predicted molar refractivity (Wildman–Crippen MR) is 81.1 cm³/mol. The summed E-state index contributed by atoms with van der Waals surface area (Å²) in [5.74, 6) is 0.798. The maximum atomic E-state index is 12.4. The summed E-state index contributed by atoms with van der Waals surface area (Å²) in [5.41, 5.74) is 3.40. The van der Waals surface area contributed by atoms with Crippen LogP contribution in [0.3, 0.4) is 0 Å². The summed E-state index contributed by atoms with van der Waals surface area (Å²) in [6.45, 7) is 3.99. The number of amides is 1. The minimum atomic E-state index is -0.0537. The molecule has 1 amide bonds. The van der Waals surface area contributed by atoms with Gasteiger partial charge in [-0.15, -0.1) is 11.8 Å². The van der Waals surface area contributed by atoms with Crippen molar-refractivity contribution < 1.29 is 4.79 Å². The summed E-state index contributed by atoms with van der Waals surface area (Å²) in [5, 5.41) is 7.15. The zero-order valence-corrected chi connectivity index (χ0v) is 12.6. The number of carbonyl (C=O) groups is 1. The van der Waals surface area contributed by atoms with Crippen LogP contribution in [-0.2, 0) is 18.3 Å². The molecule has 0 saturated heterocycles. The van der Waals surface area contributed by atoms with Crippen LogP contribution in [-0.4, -0.2) is 20.9 Å². The number of nitrogens with one attached hydrogen (secondary N) is 1. The molecule has 1 aliphatic heterocycles. The highest BCUT2D eigenvalue weighted by molar-refractivity contribution is 8.01. The third-order valence-corrected chi connectivity index (χ3v) is 4.74. The van der Waals surface area contributed by atoms with Crippen LogP contribution in [0.4, 0.5) is 5.82 Å². The number of fused-ring (bicyclic) bond motifs is 1. The first-order chi connectivity index (χ1) is 9.52. The standard InChI is InChI=1S/C15H17N3OS/c1-9-4-5-11-8-13(20-12(11)6-9)15(19)16-14-7-10(2)17-18(14)3/h4-7,13H,8H2,1-3H3,(H,16,19). The molecule has 0 fully saturated rings. The summed E-state index contributed by atoms with van der Waals surface area (Å²) >= 11 is 1.65. The minimum absolute atomic E-state index is 0.0480. The van der Waals surface area contributed by atoms with Crippen LogP contribution in [0.15, 0.2) is 29.2 Å². The number of nitrogens with zero attached hydrogens (tertiary/aromatic N) is 2. The number of aryl methyl sites for hydroxylation is 3. The van der Waals surface area contributed by atoms with E-state index in [2.05, 4.69) is 35.5 Å². The number of carbonyl (C=O) groups excluding carboxylic acids is 1. The summed E-state index contributed by atoms with van der Waals surface area (Å²) in [7, 11) is 1.84. The number of hydrogen-bond acceptors (Lipinski definition) is 3. The van der Waals surface area contributed by atoms with E-state index in [9.17, 15) is 4.79 Å². The van der Waals surface area contributed by atoms with Crippen molar-refractivity contribution >= 4 is 23.5 Å². The molecule has 20 heavy (non-hydrogen) atoms. The van der Waals surface area contributed by atoms with E-state index in [1.165, 1.54) is 16.0 Å². The van der Waals surface area contributed by atoms with Crippen molar-refractivity contribution in [3.8, 4) is 0 Å². The molecule has 0 saturated carbocycles. The zero-order valence-electron chi connectivity index (χ0n) is 11.8. The maximum Gasteiger partial charge on any atom is 0.239 e. The second-order valence-corrected chi connectivity index (χ2v) is 6.45. The van der Waals surface area contributed by atoms with Gasteiger partial charge < -0.3 is 5.32 Å². The van der Waals surface area contributed by atoms with Crippen molar-refractivity contribution in [2.45, 2.75) is 30.4 Å². The Bertz CT molecular complexity index is 678. The fraction of sp³-hybridized carbons (Fsp3) is 0.333. The van der Waals surface area contributed by atoms with Crippen molar-refractivity contribution in [3.63, 3.8) is 0 Å². The first kappa shape index (κ1) is 13.2. The lowest BCUT2D eigenvalue weighted by Gasteiger charge is -2.09. The molecule has 1 aromatic carbocycles. The van der Waals surface area contributed by atoms with Crippen LogP contribution in [0.1, 0.15) is 16.8 Å². The maximum absolute atomic E-state index is 12.4. The molecule has 1 aliphatic rings. The molecule has 104 valence electrons. The zero-order chi connectivity index (χ0) is 14.3. The highest BCUT2D eigenvalue weighted by Gasteiger charge is 2.28. The summed E-state index contributed by atoms with van der Waals surface area (Å²) < 4.78 is 1.70. The number of anilines is 1. The van der Waals surface area contributed by atoms with Gasteiger partial charge in [0.1, 0.15) is 5.82 Å². The van der Waals surface area contributed by atoms with E-state index in [4.69, 9.17) is 0 Å². The van der Waals surface area contributed by atoms with Gasteiger partial charge >= 0.3 is 0 Å². The molecule has 2 aromatic rings. The normalized spacial score (nSPS) is 17.1.